The maximum absolute atomic E-state index is 3.60. The molecule has 0 saturated heterocycles. The molecule has 0 heterocycles. The topological polar surface area (TPSA) is 12.0 Å². The molecule has 0 aliphatic heterocycles. The van der Waals surface area contributed by atoms with E-state index in [-0.39, 0.29) is 0 Å². The van der Waals surface area contributed by atoms with Crippen molar-refractivity contribution >= 4 is 22.6 Å². The van der Waals surface area contributed by atoms with E-state index >= 15 is 0 Å². The SMILES string of the molecule is CCNC(CCC(C)(C)C)c1cccc(I)c1. The molecule has 0 aliphatic rings. The van der Waals surface area contributed by atoms with E-state index in [1.165, 1.54) is 22.0 Å². The quantitative estimate of drug-likeness (QED) is 0.758. The van der Waals surface area contributed by atoms with Crippen molar-refractivity contribution in [1.82, 2.24) is 5.32 Å². The molecule has 1 rings (SSSR count). The highest BCUT2D eigenvalue weighted by Gasteiger charge is 2.16. The number of nitrogens with one attached hydrogen (secondary N) is 1. The molecule has 1 atom stereocenters. The van der Waals surface area contributed by atoms with Crippen LogP contribution in [-0.2, 0) is 0 Å². The van der Waals surface area contributed by atoms with Gasteiger partial charge in [-0.1, -0.05) is 39.8 Å². The van der Waals surface area contributed by atoms with E-state index in [9.17, 15) is 0 Å². The molecule has 1 nitrogen and oxygen atoms in total. The van der Waals surface area contributed by atoms with Gasteiger partial charge in [0.15, 0.2) is 0 Å². The summed E-state index contributed by atoms with van der Waals surface area (Å²) >= 11 is 2.38. The zero-order valence-electron chi connectivity index (χ0n) is 11.4. The molecular formula is C15H24IN. The molecule has 1 aromatic rings. The van der Waals surface area contributed by atoms with E-state index in [1.807, 2.05) is 0 Å². The monoisotopic (exact) mass is 345 g/mol. The fourth-order valence-electron chi connectivity index (χ4n) is 1.93. The summed E-state index contributed by atoms with van der Waals surface area (Å²) in [4.78, 5) is 0. The summed E-state index contributed by atoms with van der Waals surface area (Å²) in [7, 11) is 0. The highest BCUT2D eigenvalue weighted by atomic mass is 127. The lowest BCUT2D eigenvalue weighted by Gasteiger charge is -2.24. The molecule has 0 radical (unpaired) electrons. The van der Waals surface area contributed by atoms with E-state index in [0.717, 1.165) is 6.54 Å². The molecule has 96 valence electrons. The molecule has 0 spiro atoms. The third kappa shape index (κ3) is 5.87. The highest BCUT2D eigenvalue weighted by Crippen LogP contribution is 2.27. The molecule has 0 aliphatic carbocycles. The Hall–Kier alpha value is -0.0900. The van der Waals surface area contributed by atoms with Gasteiger partial charge in [-0.05, 0) is 65.1 Å². The lowest BCUT2D eigenvalue weighted by Crippen LogP contribution is -2.22. The predicted octanol–water partition coefficient (Wildman–Crippen LogP) is 4.77. The van der Waals surface area contributed by atoms with Crippen molar-refractivity contribution in [2.45, 2.75) is 46.6 Å². The van der Waals surface area contributed by atoms with Gasteiger partial charge < -0.3 is 5.32 Å². The summed E-state index contributed by atoms with van der Waals surface area (Å²) in [6.45, 7) is 10.1. The van der Waals surface area contributed by atoms with Crippen LogP contribution in [0, 0.1) is 8.99 Å². The largest absolute Gasteiger partial charge is 0.310 e. The molecule has 0 aromatic heterocycles. The number of rotatable bonds is 5. The van der Waals surface area contributed by atoms with Crippen LogP contribution >= 0.6 is 22.6 Å². The zero-order valence-corrected chi connectivity index (χ0v) is 13.5. The van der Waals surface area contributed by atoms with E-state index < -0.39 is 0 Å². The van der Waals surface area contributed by atoms with Crippen LogP contribution < -0.4 is 5.32 Å². The van der Waals surface area contributed by atoms with E-state index in [2.05, 4.69) is 79.9 Å². The fourth-order valence-corrected chi connectivity index (χ4v) is 2.50. The number of benzene rings is 1. The second-order valence-corrected chi connectivity index (χ2v) is 7.01. The van der Waals surface area contributed by atoms with Gasteiger partial charge in [0.2, 0.25) is 0 Å². The first-order valence-corrected chi connectivity index (χ1v) is 7.49. The van der Waals surface area contributed by atoms with E-state index in [1.54, 1.807) is 0 Å². The average Bonchev–Trinajstić information content (AvgIpc) is 2.23. The van der Waals surface area contributed by atoms with Crippen molar-refractivity contribution in [2.24, 2.45) is 5.41 Å². The smallest absolute Gasteiger partial charge is 0.0320 e. The Morgan fingerprint density at radius 2 is 2.00 bits per heavy atom. The van der Waals surface area contributed by atoms with Crippen molar-refractivity contribution in [2.75, 3.05) is 6.54 Å². The standard InChI is InChI=1S/C15H24IN/c1-5-17-14(9-10-15(2,3)4)12-7-6-8-13(16)11-12/h6-8,11,14,17H,5,9-10H2,1-4H3. The van der Waals surface area contributed by atoms with Gasteiger partial charge >= 0.3 is 0 Å². The first-order chi connectivity index (χ1) is 7.92. The normalized spacial score (nSPS) is 13.7. The summed E-state index contributed by atoms with van der Waals surface area (Å²) < 4.78 is 1.32. The van der Waals surface area contributed by atoms with Gasteiger partial charge in [0.05, 0.1) is 0 Å². The molecule has 1 aromatic carbocycles. The first kappa shape index (κ1) is 15.0. The van der Waals surface area contributed by atoms with Crippen molar-refractivity contribution in [3.63, 3.8) is 0 Å². The lowest BCUT2D eigenvalue weighted by molar-refractivity contribution is 0.334. The molecule has 0 saturated carbocycles. The van der Waals surface area contributed by atoms with E-state index in [4.69, 9.17) is 0 Å². The molecule has 2 heteroatoms. The Kier molecular flexibility index (Phi) is 5.93. The summed E-state index contributed by atoms with van der Waals surface area (Å²) in [6.07, 6.45) is 2.45. The summed E-state index contributed by atoms with van der Waals surface area (Å²) in [6, 6.07) is 9.32. The lowest BCUT2D eigenvalue weighted by atomic mass is 9.87. The summed E-state index contributed by atoms with van der Waals surface area (Å²) in [5.74, 6) is 0. The molecular weight excluding hydrogens is 321 g/mol. The van der Waals surface area contributed by atoms with Crippen LogP contribution in [0.5, 0.6) is 0 Å². The Labute approximate surface area is 120 Å². The van der Waals surface area contributed by atoms with Crippen LogP contribution in [0.25, 0.3) is 0 Å². The molecule has 1 N–H and O–H groups in total. The van der Waals surface area contributed by atoms with Gasteiger partial charge in [-0.2, -0.15) is 0 Å². The van der Waals surface area contributed by atoms with Crippen molar-refractivity contribution in [1.29, 1.82) is 0 Å². The third-order valence-electron chi connectivity index (χ3n) is 2.88. The van der Waals surface area contributed by atoms with Gasteiger partial charge in [-0.3, -0.25) is 0 Å². The molecule has 0 amide bonds. The minimum atomic E-state index is 0.412. The molecule has 0 fully saturated rings. The Morgan fingerprint density at radius 3 is 2.53 bits per heavy atom. The van der Waals surface area contributed by atoms with Gasteiger partial charge in [-0.25, -0.2) is 0 Å². The molecule has 0 bridgehead atoms. The van der Waals surface area contributed by atoms with Crippen molar-refractivity contribution in [3.8, 4) is 0 Å². The maximum Gasteiger partial charge on any atom is 0.0320 e. The number of hydrogen-bond acceptors (Lipinski definition) is 1. The summed E-state index contributed by atoms with van der Waals surface area (Å²) in [5, 5.41) is 3.60. The Morgan fingerprint density at radius 1 is 1.29 bits per heavy atom. The first-order valence-electron chi connectivity index (χ1n) is 6.41. The number of hydrogen-bond donors (Lipinski definition) is 1. The van der Waals surface area contributed by atoms with Gasteiger partial charge in [-0.15, -0.1) is 0 Å². The minimum Gasteiger partial charge on any atom is -0.310 e. The maximum atomic E-state index is 3.60. The molecule has 17 heavy (non-hydrogen) atoms. The van der Waals surface area contributed by atoms with Crippen LogP contribution in [0.1, 0.15) is 52.1 Å². The van der Waals surface area contributed by atoms with Gasteiger partial charge in [0.25, 0.3) is 0 Å². The van der Waals surface area contributed by atoms with Crippen LogP contribution in [-0.4, -0.2) is 6.54 Å². The van der Waals surface area contributed by atoms with Crippen molar-refractivity contribution in [3.05, 3.63) is 33.4 Å². The van der Waals surface area contributed by atoms with Crippen LogP contribution in [0.15, 0.2) is 24.3 Å². The van der Waals surface area contributed by atoms with Crippen LogP contribution in [0.4, 0.5) is 0 Å². The number of halogens is 1. The van der Waals surface area contributed by atoms with Crippen LogP contribution in [0.2, 0.25) is 0 Å². The van der Waals surface area contributed by atoms with Gasteiger partial charge in [0.1, 0.15) is 0 Å². The van der Waals surface area contributed by atoms with E-state index in [0.29, 0.717) is 11.5 Å². The summed E-state index contributed by atoms with van der Waals surface area (Å²) in [5.41, 5.74) is 1.83. The minimum absolute atomic E-state index is 0.412. The Bertz CT molecular complexity index is 341. The third-order valence-corrected chi connectivity index (χ3v) is 3.56. The van der Waals surface area contributed by atoms with Gasteiger partial charge in [0, 0.05) is 9.61 Å². The predicted molar refractivity (Wildman–Crippen MR) is 84.3 cm³/mol. The second-order valence-electron chi connectivity index (χ2n) is 5.76. The Balaban J connectivity index is 2.71. The van der Waals surface area contributed by atoms with Crippen LogP contribution in [0.3, 0.4) is 0 Å². The average molecular weight is 345 g/mol. The highest BCUT2D eigenvalue weighted by molar-refractivity contribution is 14.1. The zero-order chi connectivity index (χ0) is 12.9. The molecule has 1 unspecified atom stereocenters. The second kappa shape index (κ2) is 6.74. The fraction of sp³-hybridized carbons (Fsp3) is 0.600. The van der Waals surface area contributed by atoms with Crippen molar-refractivity contribution < 1.29 is 0 Å².